The van der Waals surface area contributed by atoms with Crippen LogP contribution in [-0.4, -0.2) is 41.8 Å². The molecule has 21 heteroatoms. The summed E-state index contributed by atoms with van der Waals surface area (Å²) < 4.78 is 0. The molecule has 0 atom stereocenters. The molecule has 0 aliphatic carbocycles. The normalized spacial score (nSPS) is 9.31. The van der Waals surface area contributed by atoms with Gasteiger partial charge in [-0.1, -0.05) is 318 Å². The molecule has 0 N–H and O–H groups in total. The number of hydrogen-bond acceptors (Lipinski definition) is 14. The summed E-state index contributed by atoms with van der Waals surface area (Å²) in [6, 6.07) is 0. The average molecular weight is 1950 g/mol. The molecule has 0 bridgehead atoms. The van der Waals surface area contributed by atoms with Crippen LogP contribution < -0.4 is 35.7 Å². The Morgan fingerprint density at radius 3 is 0.275 bits per heavy atom. The van der Waals surface area contributed by atoms with Gasteiger partial charge in [0.2, 0.25) is 0 Å². The molecule has 0 fully saturated rings. The second kappa shape index (κ2) is 122. The summed E-state index contributed by atoms with van der Waals surface area (Å²) in [5.41, 5.74) is 0. The molecule has 0 radical (unpaired) electrons. The summed E-state index contributed by atoms with van der Waals surface area (Å²) in [6.07, 6.45) is 58.4. The first kappa shape index (κ1) is 126. The van der Waals surface area contributed by atoms with Crippen molar-refractivity contribution in [1.82, 2.24) is 0 Å². The Labute approximate surface area is 668 Å². The molecular formula is C70H133Ag7O14. The number of carboxylic acids is 7. The molecular weight excluding hydrogens is 1820 g/mol. The maximum Gasteiger partial charge on any atom is 1.00 e. The first-order valence-corrected chi connectivity index (χ1v) is 34.8. The van der Waals surface area contributed by atoms with Gasteiger partial charge in [0.15, 0.2) is 0 Å². The molecule has 0 saturated heterocycles. The molecule has 14 nitrogen and oxygen atoms in total. The predicted molar refractivity (Wildman–Crippen MR) is 333 cm³/mol. The van der Waals surface area contributed by atoms with Crippen LogP contribution in [0.15, 0.2) is 0 Å². The molecule has 0 aromatic carbocycles. The van der Waals surface area contributed by atoms with E-state index in [0.717, 1.165) is 89.9 Å². The van der Waals surface area contributed by atoms with Crippen molar-refractivity contribution in [2.24, 2.45) is 0 Å². The third kappa shape index (κ3) is 176. The van der Waals surface area contributed by atoms with Gasteiger partial charge < -0.3 is 69.3 Å². The van der Waals surface area contributed by atoms with Gasteiger partial charge in [0, 0.05) is 41.8 Å². The van der Waals surface area contributed by atoms with E-state index in [1.165, 1.54) is 225 Å². The second-order valence-electron chi connectivity index (χ2n) is 22.7. The van der Waals surface area contributed by atoms with Gasteiger partial charge in [0.1, 0.15) is 0 Å². The number of rotatable bonds is 56. The molecule has 0 aromatic heterocycles. The van der Waals surface area contributed by atoms with E-state index in [-0.39, 0.29) is 202 Å². The van der Waals surface area contributed by atoms with E-state index < -0.39 is 41.8 Å². The van der Waals surface area contributed by atoms with Crippen molar-refractivity contribution >= 4 is 41.8 Å². The van der Waals surface area contributed by atoms with Gasteiger partial charge in [-0.25, -0.2) is 0 Å². The first-order valence-electron chi connectivity index (χ1n) is 34.8. The minimum absolute atomic E-state index is 0. The van der Waals surface area contributed by atoms with Crippen molar-refractivity contribution in [3.05, 3.63) is 0 Å². The molecule has 0 aromatic rings. The smallest absolute Gasteiger partial charge is 0.550 e. The van der Waals surface area contributed by atoms with Crippen molar-refractivity contribution in [2.45, 2.75) is 408 Å². The zero-order valence-electron chi connectivity index (χ0n) is 57.9. The first-order chi connectivity index (χ1) is 40.4. The minimum Gasteiger partial charge on any atom is -0.550 e. The third-order valence-corrected chi connectivity index (χ3v) is 13.9. The number of carbonyl (C=O) groups excluding carboxylic acids is 7. The van der Waals surface area contributed by atoms with Crippen LogP contribution in [0.1, 0.15) is 408 Å². The molecule has 0 aliphatic heterocycles. The Balaban J connectivity index is -0.0000000625. The summed E-state index contributed by atoms with van der Waals surface area (Å²) in [7, 11) is 0. The number of unbranched alkanes of at least 4 members (excludes halogenated alkanes) is 42. The van der Waals surface area contributed by atoms with Crippen molar-refractivity contribution in [3.8, 4) is 0 Å². The fourth-order valence-electron chi connectivity index (χ4n) is 8.59. The number of aliphatic carboxylic acids is 7. The van der Waals surface area contributed by atoms with Gasteiger partial charge in [0.05, 0.1) is 0 Å². The molecule has 0 amide bonds. The molecule has 574 valence electrons. The van der Waals surface area contributed by atoms with E-state index in [1.807, 2.05) is 0 Å². The molecule has 0 aliphatic rings. The van der Waals surface area contributed by atoms with E-state index in [4.69, 9.17) is 0 Å². The summed E-state index contributed by atoms with van der Waals surface area (Å²) in [5.74, 6) is -6.39. The molecule has 0 rings (SSSR count). The SMILES string of the molecule is CCCCCCCCCC(=O)[O-].CCCCCCCCCC(=O)[O-].CCCCCCCCCC(=O)[O-].CCCCCCCCCC(=O)[O-].CCCCCCCCCC(=O)[O-].CCCCCCCCCC(=O)[O-].CCCCCCCCCC(=O)[O-].[Ag+].[Ag+].[Ag+].[Ag+].[Ag+].[Ag+].[Ag+]. The van der Waals surface area contributed by atoms with Crippen LogP contribution in [0.3, 0.4) is 0 Å². The van der Waals surface area contributed by atoms with Gasteiger partial charge in [0.25, 0.3) is 0 Å². The monoisotopic (exact) mass is 1950 g/mol. The van der Waals surface area contributed by atoms with Gasteiger partial charge in [-0.2, -0.15) is 0 Å². The number of carbonyl (C=O) groups is 7. The Hall–Kier alpha value is 1.47. The van der Waals surface area contributed by atoms with Gasteiger partial charge >= 0.3 is 157 Å². The van der Waals surface area contributed by atoms with Crippen molar-refractivity contribution in [1.29, 1.82) is 0 Å². The molecule has 0 saturated carbocycles. The van der Waals surface area contributed by atoms with E-state index in [9.17, 15) is 69.3 Å². The summed E-state index contributed by atoms with van der Waals surface area (Å²) in [6.45, 7) is 15.3. The Kier molecular flexibility index (Phi) is 168. The summed E-state index contributed by atoms with van der Waals surface area (Å²) in [4.78, 5) is 70.2. The second-order valence-corrected chi connectivity index (χ2v) is 22.7. The van der Waals surface area contributed by atoms with Gasteiger partial charge in [-0.15, -0.1) is 0 Å². The van der Waals surface area contributed by atoms with Crippen molar-refractivity contribution in [2.75, 3.05) is 0 Å². The Morgan fingerprint density at radius 1 is 0.143 bits per heavy atom. The van der Waals surface area contributed by atoms with Crippen LogP contribution in [-0.2, 0) is 190 Å². The quantitative estimate of drug-likeness (QED) is 0.0404. The fraction of sp³-hybridized carbons (Fsp3) is 0.900. The van der Waals surface area contributed by atoms with Crippen molar-refractivity contribution in [3.63, 3.8) is 0 Å². The van der Waals surface area contributed by atoms with Crippen LogP contribution in [0.5, 0.6) is 0 Å². The number of hydrogen-bond donors (Lipinski definition) is 0. The van der Waals surface area contributed by atoms with E-state index in [0.29, 0.717) is 0 Å². The zero-order valence-corrected chi connectivity index (χ0v) is 68.3. The molecule has 0 spiro atoms. The number of carboxylic acid groups (broad SMARTS) is 7. The average Bonchev–Trinajstić information content (AvgIpc) is 3.44. The molecule has 0 heterocycles. The standard InChI is InChI=1S/7C10H20O2.7Ag/c7*1-2-3-4-5-6-7-8-9-10(11)12;;;;;;;/h7*2-9H2,1H3,(H,11,12);;;;;;;/q;;;;;;;7*+1/p-7. The van der Waals surface area contributed by atoms with E-state index >= 15 is 0 Å². The summed E-state index contributed by atoms with van der Waals surface area (Å²) >= 11 is 0. The van der Waals surface area contributed by atoms with Crippen LogP contribution in [0.4, 0.5) is 0 Å². The zero-order chi connectivity index (χ0) is 64.6. The van der Waals surface area contributed by atoms with Gasteiger partial charge in [-0.05, 0) is 89.9 Å². The van der Waals surface area contributed by atoms with Crippen LogP contribution in [0.25, 0.3) is 0 Å². The fourth-order valence-corrected chi connectivity index (χ4v) is 8.59. The topological polar surface area (TPSA) is 281 Å². The van der Waals surface area contributed by atoms with Crippen LogP contribution >= 0.6 is 0 Å². The Bertz CT molecular complexity index is 1080. The predicted octanol–water partition coefficient (Wildman–Crippen LogP) is 13.1. The maximum atomic E-state index is 10.0. The Morgan fingerprint density at radius 2 is 0.209 bits per heavy atom. The van der Waals surface area contributed by atoms with E-state index in [1.54, 1.807) is 0 Å². The van der Waals surface area contributed by atoms with E-state index in [2.05, 4.69) is 48.5 Å². The summed E-state index contributed by atoms with van der Waals surface area (Å²) in [5, 5.41) is 70.2. The van der Waals surface area contributed by atoms with Crippen LogP contribution in [0.2, 0.25) is 0 Å². The molecule has 91 heavy (non-hydrogen) atoms. The minimum atomic E-state index is -0.913. The molecule has 0 unspecified atom stereocenters. The van der Waals surface area contributed by atoms with Gasteiger partial charge in [-0.3, -0.25) is 0 Å². The third-order valence-electron chi connectivity index (χ3n) is 13.9. The van der Waals surface area contributed by atoms with Crippen molar-refractivity contribution < 1.29 is 226 Å². The van der Waals surface area contributed by atoms with Crippen LogP contribution in [0, 0.1) is 0 Å². The maximum absolute atomic E-state index is 10.0. The largest absolute Gasteiger partial charge is 1.00 e.